The van der Waals surface area contributed by atoms with Gasteiger partial charge in [0.05, 0.1) is 14.2 Å². The van der Waals surface area contributed by atoms with Crippen LogP contribution in [0, 0.1) is 17.1 Å². The van der Waals surface area contributed by atoms with Gasteiger partial charge in [-0.2, -0.15) is 5.26 Å². The van der Waals surface area contributed by atoms with Crippen molar-refractivity contribution >= 4 is 0 Å². The van der Waals surface area contributed by atoms with E-state index >= 15 is 0 Å². The molecule has 1 aromatic carbocycles. The zero-order chi connectivity index (χ0) is 13.8. The van der Waals surface area contributed by atoms with E-state index in [0.717, 1.165) is 6.33 Å². The molecule has 0 fully saturated rings. The van der Waals surface area contributed by atoms with Crippen LogP contribution in [0.1, 0.15) is 5.69 Å². The minimum atomic E-state index is -0.753. The van der Waals surface area contributed by atoms with Crippen LogP contribution in [0.25, 0.3) is 11.3 Å². The standard InChI is InChI=1S/C13H10FN3O2/c1-18-10-4-3-8(5-11(10)19-2)13-12(14)9(6-15)16-7-17-13/h3-5,7H,1-2H3. The second kappa shape index (κ2) is 5.31. The highest BCUT2D eigenvalue weighted by Crippen LogP contribution is 2.32. The van der Waals surface area contributed by atoms with E-state index < -0.39 is 5.82 Å². The molecule has 0 aliphatic heterocycles. The Labute approximate surface area is 109 Å². The van der Waals surface area contributed by atoms with Crippen LogP contribution in [0.15, 0.2) is 24.5 Å². The molecule has 0 N–H and O–H groups in total. The lowest BCUT2D eigenvalue weighted by Crippen LogP contribution is -1.97. The number of aromatic nitrogens is 2. The fourth-order valence-corrected chi connectivity index (χ4v) is 1.63. The highest BCUT2D eigenvalue weighted by atomic mass is 19.1. The van der Waals surface area contributed by atoms with Gasteiger partial charge in [-0.25, -0.2) is 14.4 Å². The summed E-state index contributed by atoms with van der Waals surface area (Å²) in [6.07, 6.45) is 1.15. The van der Waals surface area contributed by atoms with Gasteiger partial charge in [-0.3, -0.25) is 0 Å². The largest absolute Gasteiger partial charge is 0.493 e. The second-order valence-electron chi connectivity index (χ2n) is 3.57. The van der Waals surface area contributed by atoms with Gasteiger partial charge >= 0.3 is 0 Å². The molecule has 6 heteroatoms. The van der Waals surface area contributed by atoms with E-state index in [-0.39, 0.29) is 11.4 Å². The number of halogens is 1. The maximum absolute atomic E-state index is 14.0. The lowest BCUT2D eigenvalue weighted by atomic mass is 10.1. The molecule has 0 spiro atoms. The molecule has 19 heavy (non-hydrogen) atoms. The number of rotatable bonds is 3. The molecule has 1 heterocycles. The van der Waals surface area contributed by atoms with E-state index in [1.165, 1.54) is 14.2 Å². The van der Waals surface area contributed by atoms with Gasteiger partial charge in [-0.05, 0) is 18.2 Å². The van der Waals surface area contributed by atoms with Crippen LogP contribution in [0.3, 0.4) is 0 Å². The molecule has 0 bridgehead atoms. The number of hydrogen-bond acceptors (Lipinski definition) is 5. The van der Waals surface area contributed by atoms with Gasteiger partial charge in [0.2, 0.25) is 0 Å². The summed E-state index contributed by atoms with van der Waals surface area (Å²) in [5.41, 5.74) is 0.237. The molecule has 0 saturated carbocycles. The van der Waals surface area contributed by atoms with E-state index in [0.29, 0.717) is 17.1 Å². The molecule has 0 atom stereocenters. The predicted octanol–water partition coefficient (Wildman–Crippen LogP) is 2.17. The highest BCUT2D eigenvalue weighted by Gasteiger charge is 2.14. The van der Waals surface area contributed by atoms with Gasteiger partial charge in [0.15, 0.2) is 23.0 Å². The Kier molecular flexibility index (Phi) is 3.57. The van der Waals surface area contributed by atoms with E-state index in [9.17, 15) is 4.39 Å². The Balaban J connectivity index is 2.57. The SMILES string of the molecule is COc1ccc(-c2ncnc(C#N)c2F)cc1OC. The van der Waals surface area contributed by atoms with Crippen molar-refractivity contribution in [3.05, 3.63) is 36.0 Å². The molecule has 2 aromatic rings. The first kappa shape index (κ1) is 12.8. The van der Waals surface area contributed by atoms with Gasteiger partial charge in [0.1, 0.15) is 18.1 Å². The topological polar surface area (TPSA) is 68.0 Å². The molecule has 0 radical (unpaired) electrons. The summed E-state index contributed by atoms with van der Waals surface area (Å²) in [4.78, 5) is 7.41. The molecule has 1 aromatic heterocycles. The maximum atomic E-state index is 14.0. The number of nitrogens with zero attached hydrogens (tertiary/aromatic N) is 3. The minimum absolute atomic E-state index is 0.0486. The zero-order valence-electron chi connectivity index (χ0n) is 10.3. The molecule has 0 aliphatic rings. The zero-order valence-corrected chi connectivity index (χ0v) is 10.3. The van der Waals surface area contributed by atoms with Gasteiger partial charge in [0, 0.05) is 5.56 Å². The predicted molar refractivity (Wildman–Crippen MR) is 65.2 cm³/mol. The van der Waals surface area contributed by atoms with Crippen LogP contribution in [0.2, 0.25) is 0 Å². The van der Waals surface area contributed by atoms with Crippen molar-refractivity contribution in [2.75, 3.05) is 14.2 Å². The first-order valence-corrected chi connectivity index (χ1v) is 5.34. The van der Waals surface area contributed by atoms with Gasteiger partial charge in [0.25, 0.3) is 0 Å². The summed E-state index contributed by atoms with van der Waals surface area (Å²) >= 11 is 0. The number of nitriles is 1. The Bertz CT molecular complexity index is 653. The van der Waals surface area contributed by atoms with Crippen molar-refractivity contribution in [2.24, 2.45) is 0 Å². The monoisotopic (exact) mass is 259 g/mol. The summed E-state index contributed by atoms with van der Waals surface area (Å²) < 4.78 is 24.2. The van der Waals surface area contributed by atoms with E-state index in [1.807, 2.05) is 0 Å². The smallest absolute Gasteiger partial charge is 0.185 e. The fourth-order valence-electron chi connectivity index (χ4n) is 1.63. The van der Waals surface area contributed by atoms with Crippen LogP contribution in [-0.4, -0.2) is 24.2 Å². The van der Waals surface area contributed by atoms with Gasteiger partial charge in [-0.15, -0.1) is 0 Å². The molecule has 0 unspecified atom stereocenters. The third kappa shape index (κ3) is 2.31. The van der Waals surface area contributed by atoms with Gasteiger partial charge in [-0.1, -0.05) is 0 Å². The lowest BCUT2D eigenvalue weighted by Gasteiger charge is -2.09. The highest BCUT2D eigenvalue weighted by molar-refractivity contribution is 5.65. The maximum Gasteiger partial charge on any atom is 0.185 e. The number of benzene rings is 1. The molecule has 2 rings (SSSR count). The summed E-state index contributed by atoms with van der Waals surface area (Å²) in [7, 11) is 3.00. The Morgan fingerprint density at radius 3 is 2.53 bits per heavy atom. The summed E-state index contributed by atoms with van der Waals surface area (Å²) in [5, 5.41) is 8.75. The Hall–Kier alpha value is -2.68. The number of ether oxygens (including phenoxy) is 2. The van der Waals surface area contributed by atoms with Crippen LogP contribution < -0.4 is 9.47 Å². The lowest BCUT2D eigenvalue weighted by molar-refractivity contribution is 0.355. The van der Waals surface area contributed by atoms with Crippen LogP contribution in [0.5, 0.6) is 11.5 Å². The van der Waals surface area contributed by atoms with Crippen LogP contribution in [0.4, 0.5) is 4.39 Å². The van der Waals surface area contributed by atoms with Crippen molar-refractivity contribution in [3.63, 3.8) is 0 Å². The third-order valence-corrected chi connectivity index (χ3v) is 2.55. The molecular formula is C13H10FN3O2. The Morgan fingerprint density at radius 2 is 1.89 bits per heavy atom. The van der Waals surface area contributed by atoms with Crippen molar-refractivity contribution < 1.29 is 13.9 Å². The van der Waals surface area contributed by atoms with E-state index in [2.05, 4.69) is 9.97 Å². The number of methoxy groups -OCH3 is 2. The van der Waals surface area contributed by atoms with Crippen LogP contribution >= 0.6 is 0 Å². The van der Waals surface area contributed by atoms with Gasteiger partial charge < -0.3 is 9.47 Å². The molecule has 0 saturated heterocycles. The summed E-state index contributed by atoms with van der Waals surface area (Å²) in [6, 6.07) is 6.54. The van der Waals surface area contributed by atoms with E-state index in [1.54, 1.807) is 24.3 Å². The number of hydrogen-bond donors (Lipinski definition) is 0. The molecule has 0 amide bonds. The van der Waals surface area contributed by atoms with Crippen molar-refractivity contribution in [3.8, 4) is 28.8 Å². The quantitative estimate of drug-likeness (QED) is 0.845. The van der Waals surface area contributed by atoms with Crippen LogP contribution in [-0.2, 0) is 0 Å². The summed E-state index contributed by atoms with van der Waals surface area (Å²) in [5.74, 6) is 0.231. The Morgan fingerprint density at radius 1 is 1.16 bits per heavy atom. The average molecular weight is 259 g/mol. The molecule has 5 nitrogen and oxygen atoms in total. The minimum Gasteiger partial charge on any atom is -0.493 e. The van der Waals surface area contributed by atoms with Crippen molar-refractivity contribution in [1.29, 1.82) is 5.26 Å². The van der Waals surface area contributed by atoms with Crippen molar-refractivity contribution in [2.45, 2.75) is 0 Å². The molecular weight excluding hydrogens is 249 g/mol. The second-order valence-corrected chi connectivity index (χ2v) is 3.57. The molecule has 96 valence electrons. The summed E-state index contributed by atoms with van der Waals surface area (Å²) in [6.45, 7) is 0. The van der Waals surface area contributed by atoms with E-state index in [4.69, 9.17) is 14.7 Å². The average Bonchev–Trinajstić information content (AvgIpc) is 2.46. The first-order chi connectivity index (χ1) is 9.21. The fraction of sp³-hybridized carbons (Fsp3) is 0.154. The first-order valence-electron chi connectivity index (χ1n) is 5.34. The third-order valence-electron chi connectivity index (χ3n) is 2.55. The molecule has 0 aliphatic carbocycles. The normalized spacial score (nSPS) is 9.79. The van der Waals surface area contributed by atoms with Crippen molar-refractivity contribution in [1.82, 2.24) is 9.97 Å².